The summed E-state index contributed by atoms with van der Waals surface area (Å²) < 4.78 is 11.9. The van der Waals surface area contributed by atoms with Crippen LogP contribution in [0.3, 0.4) is 0 Å². The largest absolute Gasteiger partial charge is 0.490 e. The van der Waals surface area contributed by atoms with Crippen LogP contribution in [0.2, 0.25) is 10.0 Å². The zero-order valence-electron chi connectivity index (χ0n) is 21.5. The fourth-order valence-electron chi connectivity index (χ4n) is 3.76. The van der Waals surface area contributed by atoms with E-state index in [2.05, 4.69) is 10.6 Å². The number of nitrogens with zero attached hydrogens (tertiary/aromatic N) is 2. The lowest BCUT2D eigenvalue weighted by Gasteiger charge is -2.26. The van der Waals surface area contributed by atoms with Gasteiger partial charge in [0.2, 0.25) is 0 Å². The molecule has 216 valence electrons. The molecule has 2 N–H and O–H groups in total. The third kappa shape index (κ3) is 6.98. The highest BCUT2D eigenvalue weighted by Crippen LogP contribution is 2.35. The van der Waals surface area contributed by atoms with Gasteiger partial charge in [-0.05, 0) is 83.6 Å². The molecule has 0 aliphatic carbocycles. The van der Waals surface area contributed by atoms with Crippen LogP contribution in [0.4, 0.5) is 21.9 Å². The lowest BCUT2D eigenvalue weighted by atomic mass is 10.1. The van der Waals surface area contributed by atoms with E-state index in [9.17, 15) is 29.3 Å². The van der Waals surface area contributed by atoms with Crippen LogP contribution in [0.15, 0.2) is 60.2 Å². The van der Waals surface area contributed by atoms with Crippen LogP contribution in [0.1, 0.15) is 12.5 Å². The Bertz CT molecular complexity index is 1650. The SMILES string of the molecule is CCOc1cc(/C=C2/C(=O)NC(=O)N(c3ccc([N+](=O)[O-])cc3)C2=O)cc(I)c1OCC(=O)Nc1ccc(Cl)c(Cl)c1. The standard InChI is InChI=1S/C27H19Cl2IN4O8/c1-2-41-22-11-14(10-21(30)24(22)42-13-23(35)31-15-3-8-19(28)20(29)12-15)9-18-25(36)32-27(38)33(26(18)37)16-4-6-17(7-5-16)34(39)40/h3-12H,2,13H2,1H3,(H,31,35)(H,32,36,38)/b18-9-. The van der Waals surface area contributed by atoms with Crippen LogP contribution in [0, 0.1) is 13.7 Å². The fraction of sp³-hybridized carbons (Fsp3) is 0.111. The minimum atomic E-state index is -0.997. The fourth-order valence-corrected chi connectivity index (χ4v) is 4.84. The number of barbiturate groups is 1. The molecular formula is C27H19Cl2IN4O8. The Hall–Kier alpha value is -4.21. The summed E-state index contributed by atoms with van der Waals surface area (Å²) in [7, 11) is 0. The highest BCUT2D eigenvalue weighted by molar-refractivity contribution is 14.1. The summed E-state index contributed by atoms with van der Waals surface area (Å²) in [4.78, 5) is 61.8. The number of nitro groups is 1. The van der Waals surface area contributed by atoms with Gasteiger partial charge in [0, 0.05) is 17.8 Å². The molecular weight excluding hydrogens is 706 g/mol. The van der Waals surface area contributed by atoms with E-state index >= 15 is 0 Å². The molecule has 1 aliphatic rings. The molecule has 42 heavy (non-hydrogen) atoms. The maximum atomic E-state index is 13.2. The summed E-state index contributed by atoms with van der Waals surface area (Å²) in [5, 5.41) is 16.3. The molecule has 3 aromatic rings. The van der Waals surface area contributed by atoms with E-state index < -0.39 is 28.7 Å². The zero-order valence-corrected chi connectivity index (χ0v) is 25.2. The van der Waals surface area contributed by atoms with Crippen molar-refractivity contribution >= 4 is 92.7 Å². The van der Waals surface area contributed by atoms with Crippen molar-refractivity contribution in [2.24, 2.45) is 0 Å². The molecule has 5 amide bonds. The molecule has 1 saturated heterocycles. The van der Waals surface area contributed by atoms with Crippen molar-refractivity contribution < 1.29 is 33.6 Å². The quantitative estimate of drug-likeness (QED) is 0.0951. The van der Waals surface area contributed by atoms with E-state index in [0.29, 0.717) is 24.7 Å². The van der Waals surface area contributed by atoms with Gasteiger partial charge in [0.15, 0.2) is 18.1 Å². The van der Waals surface area contributed by atoms with Crippen LogP contribution in [0.5, 0.6) is 11.5 Å². The Morgan fingerprint density at radius 1 is 1.07 bits per heavy atom. The van der Waals surface area contributed by atoms with Crippen LogP contribution in [-0.4, -0.2) is 41.9 Å². The first-order valence-corrected chi connectivity index (χ1v) is 13.8. The summed E-state index contributed by atoms with van der Waals surface area (Å²) >= 11 is 13.8. The summed E-state index contributed by atoms with van der Waals surface area (Å²) in [5.74, 6) is -1.82. The number of hydrogen-bond acceptors (Lipinski definition) is 8. The summed E-state index contributed by atoms with van der Waals surface area (Å²) in [5.41, 5.74) is 0.237. The van der Waals surface area contributed by atoms with E-state index in [1.807, 2.05) is 22.6 Å². The third-order valence-electron chi connectivity index (χ3n) is 5.61. The van der Waals surface area contributed by atoms with Gasteiger partial charge in [0.05, 0.1) is 30.8 Å². The predicted octanol–water partition coefficient (Wildman–Crippen LogP) is 5.59. The molecule has 4 rings (SSSR count). The first-order valence-electron chi connectivity index (χ1n) is 12.0. The summed E-state index contributed by atoms with van der Waals surface area (Å²) in [6.07, 6.45) is 1.27. The Morgan fingerprint density at radius 2 is 1.79 bits per heavy atom. The number of carbonyl (C=O) groups excluding carboxylic acids is 4. The van der Waals surface area contributed by atoms with Crippen LogP contribution in [0.25, 0.3) is 6.08 Å². The van der Waals surface area contributed by atoms with Crippen molar-refractivity contribution in [2.75, 3.05) is 23.4 Å². The number of amides is 5. The molecule has 0 unspecified atom stereocenters. The summed E-state index contributed by atoms with van der Waals surface area (Å²) in [6, 6.07) is 11.5. The number of halogens is 3. The lowest BCUT2D eigenvalue weighted by Crippen LogP contribution is -2.54. The smallest absolute Gasteiger partial charge is 0.335 e. The number of benzene rings is 3. The monoisotopic (exact) mass is 724 g/mol. The molecule has 0 bridgehead atoms. The predicted molar refractivity (Wildman–Crippen MR) is 163 cm³/mol. The zero-order chi connectivity index (χ0) is 30.6. The number of nitro benzene ring substituents is 1. The number of anilines is 2. The first-order chi connectivity index (χ1) is 20.0. The molecule has 1 heterocycles. The average molecular weight is 725 g/mol. The number of rotatable bonds is 9. The minimum absolute atomic E-state index is 0.0361. The number of hydrogen-bond donors (Lipinski definition) is 2. The average Bonchev–Trinajstić information content (AvgIpc) is 2.93. The Morgan fingerprint density at radius 3 is 2.43 bits per heavy atom. The second-order valence-corrected chi connectivity index (χ2v) is 10.4. The molecule has 1 aliphatic heterocycles. The van der Waals surface area contributed by atoms with Gasteiger partial charge in [-0.25, -0.2) is 9.69 Å². The van der Waals surface area contributed by atoms with Gasteiger partial charge in [-0.15, -0.1) is 0 Å². The van der Waals surface area contributed by atoms with E-state index in [1.165, 1.54) is 30.3 Å². The number of non-ortho nitro benzene ring substituents is 1. The highest BCUT2D eigenvalue weighted by Gasteiger charge is 2.37. The molecule has 0 saturated carbocycles. The van der Waals surface area contributed by atoms with E-state index in [0.717, 1.165) is 12.1 Å². The molecule has 15 heteroatoms. The number of ether oxygens (including phenoxy) is 2. The van der Waals surface area contributed by atoms with Crippen LogP contribution in [-0.2, 0) is 14.4 Å². The van der Waals surface area contributed by atoms with Crippen molar-refractivity contribution in [1.82, 2.24) is 5.32 Å². The van der Waals surface area contributed by atoms with Crippen molar-refractivity contribution in [1.29, 1.82) is 0 Å². The molecule has 0 spiro atoms. The molecule has 0 aromatic heterocycles. The van der Waals surface area contributed by atoms with Crippen molar-refractivity contribution in [2.45, 2.75) is 6.92 Å². The number of imide groups is 2. The molecule has 12 nitrogen and oxygen atoms in total. The van der Waals surface area contributed by atoms with E-state index in [1.54, 1.807) is 25.1 Å². The van der Waals surface area contributed by atoms with Crippen molar-refractivity contribution in [3.8, 4) is 11.5 Å². The van der Waals surface area contributed by atoms with Gasteiger partial charge >= 0.3 is 6.03 Å². The summed E-state index contributed by atoms with van der Waals surface area (Å²) in [6.45, 7) is 1.61. The Balaban J connectivity index is 1.57. The normalized spacial score (nSPS) is 14.0. The number of carbonyl (C=O) groups is 4. The van der Waals surface area contributed by atoms with Crippen LogP contribution >= 0.6 is 45.8 Å². The van der Waals surface area contributed by atoms with Gasteiger partial charge in [-0.3, -0.25) is 29.8 Å². The van der Waals surface area contributed by atoms with Crippen molar-refractivity contribution in [3.05, 3.63) is 89.5 Å². The van der Waals surface area contributed by atoms with Gasteiger partial charge in [0.1, 0.15) is 5.57 Å². The van der Waals surface area contributed by atoms with E-state index in [4.69, 9.17) is 32.7 Å². The Kier molecular flexibility index (Phi) is 9.65. The Labute approximate surface area is 261 Å². The van der Waals surface area contributed by atoms with Gasteiger partial charge in [-0.1, -0.05) is 23.2 Å². The maximum absolute atomic E-state index is 13.2. The molecule has 1 fully saturated rings. The third-order valence-corrected chi connectivity index (χ3v) is 7.15. The second kappa shape index (κ2) is 13.2. The van der Waals surface area contributed by atoms with Gasteiger partial charge in [0.25, 0.3) is 23.4 Å². The minimum Gasteiger partial charge on any atom is -0.490 e. The second-order valence-electron chi connectivity index (χ2n) is 8.46. The topological polar surface area (TPSA) is 157 Å². The maximum Gasteiger partial charge on any atom is 0.335 e. The molecule has 0 radical (unpaired) electrons. The highest BCUT2D eigenvalue weighted by atomic mass is 127. The first kappa shape index (κ1) is 30.7. The number of urea groups is 1. The van der Waals surface area contributed by atoms with Crippen molar-refractivity contribution in [3.63, 3.8) is 0 Å². The van der Waals surface area contributed by atoms with E-state index in [-0.39, 0.29) is 46.7 Å². The van der Waals surface area contributed by atoms with Gasteiger partial charge < -0.3 is 14.8 Å². The number of nitrogens with one attached hydrogen (secondary N) is 2. The molecule has 0 atom stereocenters. The lowest BCUT2D eigenvalue weighted by molar-refractivity contribution is -0.384. The van der Waals surface area contributed by atoms with Gasteiger partial charge in [-0.2, -0.15) is 0 Å². The molecule has 3 aromatic carbocycles. The van der Waals surface area contributed by atoms with Crippen LogP contribution < -0.4 is 25.0 Å².